The van der Waals surface area contributed by atoms with Gasteiger partial charge in [0.25, 0.3) is 5.91 Å². The molecule has 0 bridgehead atoms. The average Bonchev–Trinajstić information content (AvgIpc) is 3.17. The summed E-state index contributed by atoms with van der Waals surface area (Å²) < 4.78 is 12.2. The van der Waals surface area contributed by atoms with E-state index in [2.05, 4.69) is 17.2 Å². The number of hydrogen-bond donors (Lipinski definition) is 1. The van der Waals surface area contributed by atoms with Crippen LogP contribution in [0.15, 0.2) is 66.3 Å². The van der Waals surface area contributed by atoms with E-state index in [0.29, 0.717) is 16.3 Å². The summed E-state index contributed by atoms with van der Waals surface area (Å²) in [4.78, 5) is 17.1. The minimum atomic E-state index is -0.583. The van der Waals surface area contributed by atoms with E-state index < -0.39 is 6.29 Å². The van der Waals surface area contributed by atoms with Crippen LogP contribution < -0.4 is 10.1 Å². The van der Waals surface area contributed by atoms with Crippen molar-refractivity contribution >= 4 is 22.9 Å². The van der Waals surface area contributed by atoms with Crippen molar-refractivity contribution < 1.29 is 14.3 Å². The molecular weight excluding hydrogens is 360 g/mol. The van der Waals surface area contributed by atoms with Crippen LogP contribution in [0.25, 0.3) is 0 Å². The second-order valence-corrected chi connectivity index (χ2v) is 6.94. The Morgan fingerprint density at radius 2 is 2.00 bits per heavy atom. The summed E-state index contributed by atoms with van der Waals surface area (Å²) >= 11 is 1.33. The summed E-state index contributed by atoms with van der Waals surface area (Å²) in [7, 11) is 0. The first-order chi connectivity index (χ1) is 13.2. The fourth-order valence-electron chi connectivity index (χ4n) is 2.39. The zero-order valence-corrected chi connectivity index (χ0v) is 16.1. The highest BCUT2D eigenvalue weighted by atomic mass is 32.1. The number of benzene rings is 1. The van der Waals surface area contributed by atoms with Gasteiger partial charge in [0, 0.05) is 11.8 Å². The van der Waals surface area contributed by atoms with Gasteiger partial charge in [0.1, 0.15) is 10.6 Å². The van der Waals surface area contributed by atoms with Crippen molar-refractivity contribution in [2.45, 2.75) is 32.7 Å². The van der Waals surface area contributed by atoms with Crippen LogP contribution in [0.3, 0.4) is 0 Å². The largest absolute Gasteiger partial charge is 0.459 e. The molecule has 0 aliphatic rings. The molecule has 2 unspecified atom stereocenters. The van der Waals surface area contributed by atoms with Crippen LogP contribution in [0, 0.1) is 0 Å². The molecular formula is C21H22N2O3S. The van der Waals surface area contributed by atoms with Crippen molar-refractivity contribution in [1.82, 2.24) is 4.98 Å². The Morgan fingerprint density at radius 1 is 1.19 bits per heavy atom. The second-order valence-electron chi connectivity index (χ2n) is 6.03. The Bertz CT molecular complexity index is 852. The zero-order valence-electron chi connectivity index (χ0n) is 15.3. The van der Waals surface area contributed by atoms with E-state index in [4.69, 9.17) is 9.47 Å². The van der Waals surface area contributed by atoms with Crippen LogP contribution in [-0.2, 0) is 4.74 Å². The summed E-state index contributed by atoms with van der Waals surface area (Å²) in [5.41, 5.74) is 1.54. The first-order valence-electron chi connectivity index (χ1n) is 8.83. The van der Waals surface area contributed by atoms with Crippen molar-refractivity contribution in [2.24, 2.45) is 0 Å². The van der Waals surface area contributed by atoms with Crippen LogP contribution in [-0.4, -0.2) is 17.0 Å². The van der Waals surface area contributed by atoms with Gasteiger partial charge in [-0.05, 0) is 36.9 Å². The molecule has 1 N–H and O–H groups in total. The Balaban J connectivity index is 1.79. The Morgan fingerprint density at radius 3 is 2.70 bits per heavy atom. The maximum absolute atomic E-state index is 12.6. The van der Waals surface area contributed by atoms with Crippen molar-refractivity contribution in [1.29, 1.82) is 0 Å². The summed E-state index contributed by atoms with van der Waals surface area (Å²) in [6.07, 6.45) is 3.57. The summed E-state index contributed by atoms with van der Waals surface area (Å²) in [6, 6.07) is 15.1. The number of anilines is 1. The monoisotopic (exact) mass is 382 g/mol. The highest BCUT2D eigenvalue weighted by molar-refractivity contribution is 7.12. The maximum atomic E-state index is 12.6. The van der Waals surface area contributed by atoms with E-state index in [-0.39, 0.29) is 12.0 Å². The number of nitrogens with zero attached hydrogens (tertiary/aromatic N) is 1. The Hall–Kier alpha value is -2.70. The third-order valence-electron chi connectivity index (χ3n) is 3.99. The van der Waals surface area contributed by atoms with Crippen LogP contribution in [0.2, 0.25) is 0 Å². The number of nitrogens with one attached hydrogen (secondary N) is 1. The topological polar surface area (TPSA) is 60.5 Å². The van der Waals surface area contributed by atoms with Gasteiger partial charge in [-0.3, -0.25) is 9.78 Å². The van der Waals surface area contributed by atoms with Gasteiger partial charge in [-0.25, -0.2) is 0 Å². The summed E-state index contributed by atoms with van der Waals surface area (Å²) in [6.45, 7) is 4.06. The normalized spacial score (nSPS) is 13.0. The lowest BCUT2D eigenvalue weighted by Gasteiger charge is -2.23. The predicted octanol–water partition coefficient (Wildman–Crippen LogP) is 5.29. The van der Waals surface area contributed by atoms with Gasteiger partial charge in [-0.15, -0.1) is 11.3 Å². The molecule has 0 fully saturated rings. The molecule has 0 saturated carbocycles. The van der Waals surface area contributed by atoms with Crippen LogP contribution in [0.5, 0.6) is 5.75 Å². The maximum Gasteiger partial charge on any atom is 0.269 e. The molecule has 5 nitrogen and oxygen atoms in total. The fourth-order valence-corrected chi connectivity index (χ4v) is 3.11. The van der Waals surface area contributed by atoms with Crippen molar-refractivity contribution in [3.05, 3.63) is 76.7 Å². The van der Waals surface area contributed by atoms with Crippen LogP contribution >= 0.6 is 11.3 Å². The number of hydrogen-bond acceptors (Lipinski definition) is 5. The lowest BCUT2D eigenvalue weighted by Crippen LogP contribution is -2.19. The van der Waals surface area contributed by atoms with Gasteiger partial charge in [0.2, 0.25) is 6.29 Å². The number of thiophene rings is 1. The molecule has 140 valence electrons. The molecule has 0 aliphatic heterocycles. The molecule has 1 amide bonds. The van der Waals surface area contributed by atoms with E-state index in [1.807, 2.05) is 42.6 Å². The highest BCUT2D eigenvalue weighted by Gasteiger charge is 2.21. The van der Waals surface area contributed by atoms with E-state index >= 15 is 0 Å². The Labute approximate surface area is 163 Å². The van der Waals surface area contributed by atoms with Gasteiger partial charge >= 0.3 is 0 Å². The van der Waals surface area contributed by atoms with Gasteiger partial charge in [-0.1, -0.05) is 37.3 Å². The number of pyridine rings is 1. The minimum absolute atomic E-state index is 0.0292. The van der Waals surface area contributed by atoms with Gasteiger partial charge < -0.3 is 14.8 Å². The molecule has 0 saturated heterocycles. The van der Waals surface area contributed by atoms with Gasteiger partial charge in [-0.2, -0.15) is 0 Å². The molecule has 3 aromatic rings. The third-order valence-corrected chi connectivity index (χ3v) is 4.89. The SMILES string of the molecule is CCC(C)OC(Oc1ccsc1C(=O)Nc1cccnc1)c1ccccc1. The molecule has 2 aromatic heterocycles. The number of rotatable bonds is 8. The lowest BCUT2D eigenvalue weighted by atomic mass is 10.2. The molecule has 3 rings (SSSR count). The van der Waals surface area contributed by atoms with E-state index in [0.717, 1.165) is 12.0 Å². The fraction of sp³-hybridized carbons (Fsp3) is 0.238. The number of carbonyl (C=O) groups excluding carboxylic acids is 1. The lowest BCUT2D eigenvalue weighted by molar-refractivity contribution is -0.118. The van der Waals surface area contributed by atoms with Crippen molar-refractivity contribution in [3.63, 3.8) is 0 Å². The third kappa shape index (κ3) is 5.15. The number of aromatic nitrogens is 1. The van der Waals surface area contributed by atoms with Crippen molar-refractivity contribution in [3.8, 4) is 5.75 Å². The number of carbonyl (C=O) groups is 1. The minimum Gasteiger partial charge on any atom is -0.459 e. The van der Waals surface area contributed by atoms with E-state index in [9.17, 15) is 4.79 Å². The average molecular weight is 382 g/mol. The predicted molar refractivity (Wildman–Crippen MR) is 107 cm³/mol. The number of amides is 1. The zero-order chi connectivity index (χ0) is 19.1. The molecule has 0 radical (unpaired) electrons. The quantitative estimate of drug-likeness (QED) is 0.538. The highest BCUT2D eigenvalue weighted by Crippen LogP contribution is 2.31. The van der Waals surface area contributed by atoms with Crippen LogP contribution in [0.1, 0.15) is 41.8 Å². The molecule has 0 spiro atoms. The smallest absolute Gasteiger partial charge is 0.269 e. The molecule has 1 aromatic carbocycles. The van der Waals surface area contributed by atoms with Crippen molar-refractivity contribution in [2.75, 3.05) is 5.32 Å². The summed E-state index contributed by atoms with van der Waals surface area (Å²) in [5.74, 6) is 0.266. The molecule has 6 heteroatoms. The van der Waals surface area contributed by atoms with Gasteiger partial charge in [0.05, 0.1) is 18.0 Å². The van der Waals surface area contributed by atoms with E-state index in [1.54, 1.807) is 30.6 Å². The first kappa shape index (κ1) is 19.1. The number of ether oxygens (including phenoxy) is 2. The van der Waals surface area contributed by atoms with Gasteiger partial charge in [0.15, 0.2) is 0 Å². The first-order valence-corrected chi connectivity index (χ1v) is 9.71. The molecule has 27 heavy (non-hydrogen) atoms. The Kier molecular flexibility index (Phi) is 6.57. The molecule has 0 aliphatic carbocycles. The molecule has 2 atom stereocenters. The van der Waals surface area contributed by atoms with Crippen LogP contribution in [0.4, 0.5) is 5.69 Å². The summed E-state index contributed by atoms with van der Waals surface area (Å²) in [5, 5.41) is 4.67. The molecule has 2 heterocycles. The van der Waals surface area contributed by atoms with E-state index in [1.165, 1.54) is 11.3 Å². The standard InChI is InChI=1S/C21H22N2O3S/c1-3-15(2)25-21(16-8-5-4-6-9-16)26-18-11-13-27-19(18)20(24)23-17-10-7-12-22-14-17/h4-15,21H,3H2,1-2H3,(H,23,24). The second kappa shape index (κ2) is 9.30.